The van der Waals surface area contributed by atoms with Crippen LogP contribution in [-0.2, 0) is 4.79 Å². The summed E-state index contributed by atoms with van der Waals surface area (Å²) in [6.45, 7) is 3.61. The van der Waals surface area contributed by atoms with Gasteiger partial charge in [-0.05, 0) is 37.1 Å². The fraction of sp³-hybridized carbons (Fsp3) is 0.222. The molecule has 126 valence electrons. The first-order chi connectivity index (χ1) is 11.5. The SMILES string of the molecule is CC/C(=N\NC(=O)C(C)Oc1ccc(Cl)cc1Cl)c1ccccc1. The van der Waals surface area contributed by atoms with E-state index in [0.29, 0.717) is 22.2 Å². The van der Waals surface area contributed by atoms with Crippen molar-refractivity contribution in [3.05, 3.63) is 64.1 Å². The highest BCUT2D eigenvalue weighted by molar-refractivity contribution is 6.35. The third-order valence-corrected chi connectivity index (χ3v) is 3.84. The lowest BCUT2D eigenvalue weighted by Crippen LogP contribution is -2.34. The lowest BCUT2D eigenvalue weighted by Gasteiger charge is -2.14. The zero-order chi connectivity index (χ0) is 17.5. The summed E-state index contributed by atoms with van der Waals surface area (Å²) in [5.74, 6) is 0.0365. The normalized spacial score (nSPS) is 12.6. The summed E-state index contributed by atoms with van der Waals surface area (Å²) in [7, 11) is 0. The van der Waals surface area contributed by atoms with Crippen LogP contribution < -0.4 is 10.2 Å². The molecular formula is C18H18Cl2N2O2. The van der Waals surface area contributed by atoms with E-state index in [1.165, 1.54) is 0 Å². The van der Waals surface area contributed by atoms with Crippen molar-refractivity contribution in [3.8, 4) is 5.75 Å². The van der Waals surface area contributed by atoms with Gasteiger partial charge in [0.25, 0.3) is 5.91 Å². The van der Waals surface area contributed by atoms with E-state index in [4.69, 9.17) is 27.9 Å². The topological polar surface area (TPSA) is 50.7 Å². The van der Waals surface area contributed by atoms with Crippen molar-refractivity contribution in [2.75, 3.05) is 0 Å². The molecule has 1 atom stereocenters. The van der Waals surface area contributed by atoms with E-state index in [1.807, 2.05) is 37.3 Å². The number of benzene rings is 2. The van der Waals surface area contributed by atoms with Gasteiger partial charge in [0, 0.05) is 5.02 Å². The third kappa shape index (κ3) is 4.98. The second-order valence-corrected chi connectivity index (χ2v) is 5.93. The minimum atomic E-state index is -0.749. The lowest BCUT2D eigenvalue weighted by atomic mass is 10.1. The molecule has 1 amide bonds. The molecular weight excluding hydrogens is 347 g/mol. The third-order valence-electron chi connectivity index (χ3n) is 3.31. The molecule has 0 bridgehead atoms. The van der Waals surface area contributed by atoms with Crippen molar-refractivity contribution in [2.45, 2.75) is 26.4 Å². The minimum Gasteiger partial charge on any atom is -0.479 e. The van der Waals surface area contributed by atoms with E-state index < -0.39 is 6.10 Å². The van der Waals surface area contributed by atoms with Crippen LogP contribution in [0.2, 0.25) is 10.0 Å². The number of nitrogens with zero attached hydrogens (tertiary/aromatic N) is 1. The quantitative estimate of drug-likeness (QED) is 0.596. The number of hydrogen-bond acceptors (Lipinski definition) is 3. The van der Waals surface area contributed by atoms with Gasteiger partial charge in [0.05, 0.1) is 10.7 Å². The molecule has 2 aromatic rings. The number of carbonyl (C=O) groups excluding carboxylic acids is 1. The monoisotopic (exact) mass is 364 g/mol. The maximum Gasteiger partial charge on any atom is 0.280 e. The standard InChI is InChI=1S/C18H18Cl2N2O2/c1-3-16(13-7-5-4-6-8-13)21-22-18(23)12(2)24-17-10-9-14(19)11-15(17)20/h4-12H,3H2,1-2H3,(H,22,23)/b21-16+. The van der Waals surface area contributed by atoms with Crippen molar-refractivity contribution in [3.63, 3.8) is 0 Å². The first-order valence-corrected chi connectivity index (χ1v) is 8.30. The lowest BCUT2D eigenvalue weighted by molar-refractivity contribution is -0.127. The van der Waals surface area contributed by atoms with Crippen LogP contribution in [0.3, 0.4) is 0 Å². The van der Waals surface area contributed by atoms with E-state index in [-0.39, 0.29) is 5.91 Å². The summed E-state index contributed by atoms with van der Waals surface area (Å²) in [6.07, 6.45) is -0.0518. The average molecular weight is 365 g/mol. The van der Waals surface area contributed by atoms with Crippen LogP contribution in [0.25, 0.3) is 0 Å². The van der Waals surface area contributed by atoms with Crippen LogP contribution in [0.15, 0.2) is 53.6 Å². The van der Waals surface area contributed by atoms with E-state index in [0.717, 1.165) is 11.3 Å². The van der Waals surface area contributed by atoms with Crippen LogP contribution in [-0.4, -0.2) is 17.7 Å². The van der Waals surface area contributed by atoms with Crippen LogP contribution in [0, 0.1) is 0 Å². The second kappa shape index (κ2) is 8.71. The molecule has 0 saturated heterocycles. The minimum absolute atomic E-state index is 0.351. The van der Waals surface area contributed by atoms with Crippen molar-refractivity contribution >= 4 is 34.8 Å². The number of ether oxygens (including phenoxy) is 1. The summed E-state index contributed by atoms with van der Waals surface area (Å²) >= 11 is 11.9. The predicted octanol–water partition coefficient (Wildman–Crippen LogP) is 4.69. The Kier molecular flexibility index (Phi) is 6.64. The van der Waals surface area contributed by atoms with Gasteiger partial charge < -0.3 is 4.74 Å². The molecule has 24 heavy (non-hydrogen) atoms. The van der Waals surface area contributed by atoms with Gasteiger partial charge >= 0.3 is 0 Å². The maximum atomic E-state index is 12.2. The predicted molar refractivity (Wildman–Crippen MR) is 98.0 cm³/mol. The van der Waals surface area contributed by atoms with Gasteiger partial charge in [-0.1, -0.05) is 60.5 Å². The number of carbonyl (C=O) groups is 1. The highest BCUT2D eigenvalue weighted by Gasteiger charge is 2.16. The first kappa shape index (κ1) is 18.3. The molecule has 0 heterocycles. The molecule has 1 N–H and O–H groups in total. The van der Waals surface area contributed by atoms with Gasteiger partial charge in [-0.3, -0.25) is 4.79 Å². The van der Waals surface area contributed by atoms with E-state index in [1.54, 1.807) is 25.1 Å². The molecule has 0 fully saturated rings. The Morgan fingerprint density at radius 3 is 2.54 bits per heavy atom. The van der Waals surface area contributed by atoms with Crippen molar-refractivity contribution in [1.82, 2.24) is 5.43 Å². The van der Waals surface area contributed by atoms with Gasteiger partial charge in [0.15, 0.2) is 6.10 Å². The van der Waals surface area contributed by atoms with Gasteiger partial charge in [-0.15, -0.1) is 0 Å². The zero-order valence-corrected chi connectivity index (χ0v) is 14.9. The molecule has 0 radical (unpaired) electrons. The van der Waals surface area contributed by atoms with E-state index >= 15 is 0 Å². The molecule has 2 aromatic carbocycles. The van der Waals surface area contributed by atoms with Crippen molar-refractivity contribution in [1.29, 1.82) is 0 Å². The molecule has 0 spiro atoms. The molecule has 6 heteroatoms. The molecule has 0 aliphatic rings. The number of halogens is 2. The number of rotatable bonds is 6. The largest absolute Gasteiger partial charge is 0.479 e. The average Bonchev–Trinajstić information content (AvgIpc) is 2.58. The number of hydrazone groups is 1. The van der Waals surface area contributed by atoms with Gasteiger partial charge in [-0.25, -0.2) is 5.43 Å². The van der Waals surface area contributed by atoms with Crippen LogP contribution in [0.1, 0.15) is 25.8 Å². The maximum absolute atomic E-state index is 12.2. The van der Waals surface area contributed by atoms with Crippen LogP contribution in [0.4, 0.5) is 0 Å². The molecule has 4 nitrogen and oxygen atoms in total. The second-order valence-electron chi connectivity index (χ2n) is 5.09. The summed E-state index contributed by atoms with van der Waals surface area (Å²) < 4.78 is 5.56. The van der Waals surface area contributed by atoms with E-state index in [2.05, 4.69) is 10.5 Å². The summed E-state index contributed by atoms with van der Waals surface area (Å²) in [5.41, 5.74) is 4.30. The number of hydrogen-bond donors (Lipinski definition) is 1. The Morgan fingerprint density at radius 1 is 1.21 bits per heavy atom. The fourth-order valence-electron chi connectivity index (χ4n) is 2.01. The molecule has 0 aliphatic heterocycles. The Bertz CT molecular complexity index is 733. The summed E-state index contributed by atoms with van der Waals surface area (Å²) in [4.78, 5) is 12.2. The molecule has 0 saturated carbocycles. The fourth-order valence-corrected chi connectivity index (χ4v) is 2.46. The highest BCUT2D eigenvalue weighted by Crippen LogP contribution is 2.28. The van der Waals surface area contributed by atoms with Crippen molar-refractivity contribution < 1.29 is 9.53 Å². The molecule has 0 aromatic heterocycles. The first-order valence-electron chi connectivity index (χ1n) is 7.54. The summed E-state index contributed by atoms with van der Waals surface area (Å²) in [5, 5.41) is 5.05. The van der Waals surface area contributed by atoms with Gasteiger partial charge in [0.1, 0.15) is 5.75 Å². The smallest absolute Gasteiger partial charge is 0.280 e. The van der Waals surface area contributed by atoms with Crippen molar-refractivity contribution in [2.24, 2.45) is 5.10 Å². The van der Waals surface area contributed by atoms with Crippen LogP contribution >= 0.6 is 23.2 Å². The molecule has 0 aliphatic carbocycles. The number of nitrogens with one attached hydrogen (secondary N) is 1. The molecule has 1 unspecified atom stereocenters. The Hall–Kier alpha value is -2.04. The Labute approximate surface area is 151 Å². The Morgan fingerprint density at radius 2 is 1.92 bits per heavy atom. The number of amides is 1. The van der Waals surface area contributed by atoms with Crippen LogP contribution in [0.5, 0.6) is 5.75 Å². The van der Waals surface area contributed by atoms with Gasteiger partial charge in [-0.2, -0.15) is 5.10 Å². The Balaban J connectivity index is 2.01. The van der Waals surface area contributed by atoms with Gasteiger partial charge in [0.2, 0.25) is 0 Å². The highest BCUT2D eigenvalue weighted by atomic mass is 35.5. The summed E-state index contributed by atoms with van der Waals surface area (Å²) in [6, 6.07) is 14.5. The van der Waals surface area contributed by atoms with E-state index in [9.17, 15) is 4.79 Å². The zero-order valence-electron chi connectivity index (χ0n) is 13.4. The molecule has 2 rings (SSSR count).